The maximum absolute atomic E-state index is 13.4. The Morgan fingerprint density at radius 3 is 2.69 bits per heavy atom. The molecule has 2 aromatic carbocycles. The maximum Gasteiger partial charge on any atom is 0.274 e. The SMILES string of the molecule is O=C(Cn1cccc1-c1nc(-c2ccc(F)c(Br)c2)no1)Nc1ccc(F)cc1. The first-order valence-electron chi connectivity index (χ1n) is 8.49. The number of nitrogens with zero attached hydrogens (tertiary/aromatic N) is 3. The molecule has 0 aliphatic heterocycles. The van der Waals surface area contributed by atoms with Gasteiger partial charge in [-0.05, 0) is 70.5 Å². The lowest BCUT2D eigenvalue weighted by molar-refractivity contribution is -0.116. The van der Waals surface area contributed by atoms with Crippen molar-refractivity contribution in [3.63, 3.8) is 0 Å². The van der Waals surface area contributed by atoms with Gasteiger partial charge in [-0.15, -0.1) is 0 Å². The summed E-state index contributed by atoms with van der Waals surface area (Å²) in [5, 5.41) is 6.63. The molecule has 0 bridgehead atoms. The number of rotatable bonds is 5. The molecule has 0 unspecified atom stereocenters. The summed E-state index contributed by atoms with van der Waals surface area (Å²) in [4.78, 5) is 16.7. The highest BCUT2D eigenvalue weighted by atomic mass is 79.9. The quantitative estimate of drug-likeness (QED) is 0.462. The Kier molecular flexibility index (Phi) is 5.22. The lowest BCUT2D eigenvalue weighted by atomic mass is 10.2. The fourth-order valence-corrected chi connectivity index (χ4v) is 3.09. The smallest absolute Gasteiger partial charge is 0.274 e. The van der Waals surface area contributed by atoms with Crippen LogP contribution in [0.2, 0.25) is 0 Å². The van der Waals surface area contributed by atoms with Crippen LogP contribution < -0.4 is 5.32 Å². The van der Waals surface area contributed by atoms with Gasteiger partial charge in [0.05, 0.1) is 4.47 Å². The summed E-state index contributed by atoms with van der Waals surface area (Å²) in [7, 11) is 0. The van der Waals surface area contributed by atoms with Crippen molar-refractivity contribution in [2.45, 2.75) is 6.54 Å². The van der Waals surface area contributed by atoms with Crippen LogP contribution in [0.5, 0.6) is 0 Å². The van der Waals surface area contributed by atoms with Gasteiger partial charge in [0.25, 0.3) is 5.89 Å². The third kappa shape index (κ3) is 4.24. The molecule has 2 aromatic heterocycles. The second kappa shape index (κ2) is 7.96. The highest BCUT2D eigenvalue weighted by Crippen LogP contribution is 2.26. The summed E-state index contributed by atoms with van der Waals surface area (Å²) in [6, 6.07) is 13.4. The van der Waals surface area contributed by atoms with E-state index in [2.05, 4.69) is 31.4 Å². The highest BCUT2D eigenvalue weighted by Gasteiger charge is 2.16. The fraction of sp³-hybridized carbons (Fsp3) is 0.0500. The van der Waals surface area contributed by atoms with Crippen molar-refractivity contribution in [1.29, 1.82) is 0 Å². The first-order valence-corrected chi connectivity index (χ1v) is 9.29. The molecular formula is C20H13BrF2N4O2. The zero-order valence-corrected chi connectivity index (χ0v) is 16.4. The van der Waals surface area contributed by atoms with Crippen LogP contribution in [0.3, 0.4) is 0 Å². The van der Waals surface area contributed by atoms with Crippen LogP contribution >= 0.6 is 15.9 Å². The standard InChI is InChI=1S/C20H13BrF2N4O2/c21-15-10-12(3-8-16(15)23)19-25-20(29-26-19)17-2-1-9-27(17)11-18(28)24-14-6-4-13(22)5-7-14/h1-10H,11H2,(H,24,28). The number of amides is 1. The van der Waals surface area contributed by atoms with Crippen LogP contribution in [0.4, 0.5) is 14.5 Å². The van der Waals surface area contributed by atoms with Crippen molar-refractivity contribution in [3.05, 3.63) is 76.9 Å². The molecule has 4 aromatic rings. The average molecular weight is 459 g/mol. The van der Waals surface area contributed by atoms with Gasteiger partial charge in [-0.2, -0.15) is 4.98 Å². The molecule has 9 heteroatoms. The second-order valence-corrected chi connectivity index (χ2v) is 6.98. The number of aromatic nitrogens is 3. The predicted octanol–water partition coefficient (Wildman–Crippen LogP) is 4.88. The molecule has 0 aliphatic carbocycles. The van der Waals surface area contributed by atoms with Gasteiger partial charge in [-0.25, -0.2) is 8.78 Å². The first-order chi connectivity index (χ1) is 14.0. The zero-order valence-electron chi connectivity index (χ0n) is 14.8. The third-order valence-electron chi connectivity index (χ3n) is 4.09. The number of anilines is 1. The summed E-state index contributed by atoms with van der Waals surface area (Å²) in [6.45, 7) is -0.000477. The van der Waals surface area contributed by atoms with E-state index in [1.54, 1.807) is 35.0 Å². The number of nitrogens with one attached hydrogen (secondary N) is 1. The summed E-state index contributed by atoms with van der Waals surface area (Å²) in [5.74, 6) is -0.546. The molecule has 0 radical (unpaired) electrons. The summed E-state index contributed by atoms with van der Waals surface area (Å²) in [5.41, 5.74) is 1.63. The number of benzene rings is 2. The Bertz CT molecular complexity index is 1170. The molecule has 6 nitrogen and oxygen atoms in total. The van der Waals surface area contributed by atoms with Gasteiger partial charge in [-0.3, -0.25) is 4.79 Å². The van der Waals surface area contributed by atoms with Crippen LogP contribution in [0, 0.1) is 11.6 Å². The van der Waals surface area contributed by atoms with Gasteiger partial charge in [-0.1, -0.05) is 5.16 Å². The zero-order chi connectivity index (χ0) is 20.4. The van der Waals surface area contributed by atoms with Gasteiger partial charge < -0.3 is 14.4 Å². The molecule has 0 saturated carbocycles. The van der Waals surface area contributed by atoms with E-state index < -0.39 is 5.82 Å². The Hall–Kier alpha value is -3.33. The topological polar surface area (TPSA) is 73.0 Å². The summed E-state index contributed by atoms with van der Waals surface area (Å²) < 4.78 is 33.7. The predicted molar refractivity (Wildman–Crippen MR) is 106 cm³/mol. The molecule has 29 heavy (non-hydrogen) atoms. The fourth-order valence-electron chi connectivity index (χ4n) is 2.71. The molecule has 0 atom stereocenters. The monoisotopic (exact) mass is 458 g/mol. The Morgan fingerprint density at radius 2 is 1.93 bits per heavy atom. The maximum atomic E-state index is 13.4. The average Bonchev–Trinajstić information content (AvgIpc) is 3.35. The minimum Gasteiger partial charge on any atom is -0.334 e. The van der Waals surface area contributed by atoms with E-state index >= 15 is 0 Å². The number of hydrogen-bond acceptors (Lipinski definition) is 4. The second-order valence-electron chi connectivity index (χ2n) is 6.13. The molecule has 4 rings (SSSR count). The lowest BCUT2D eigenvalue weighted by Gasteiger charge is -2.08. The molecule has 1 amide bonds. The van der Waals surface area contributed by atoms with E-state index in [0.29, 0.717) is 27.2 Å². The van der Waals surface area contributed by atoms with Crippen LogP contribution in [0.15, 0.2) is 69.8 Å². The Balaban J connectivity index is 1.52. The van der Waals surface area contributed by atoms with E-state index in [9.17, 15) is 13.6 Å². The molecule has 1 N–H and O–H groups in total. The molecule has 0 spiro atoms. The minimum absolute atomic E-state index is 0.000477. The summed E-state index contributed by atoms with van der Waals surface area (Å²) >= 11 is 3.13. The largest absolute Gasteiger partial charge is 0.334 e. The Labute approximate surface area is 172 Å². The van der Waals surface area contributed by atoms with E-state index in [-0.39, 0.29) is 24.2 Å². The minimum atomic E-state index is -0.390. The van der Waals surface area contributed by atoms with Crippen LogP contribution in [-0.2, 0) is 11.3 Å². The molecule has 0 aliphatic rings. The highest BCUT2D eigenvalue weighted by molar-refractivity contribution is 9.10. The van der Waals surface area contributed by atoms with Crippen molar-refractivity contribution in [2.75, 3.05) is 5.32 Å². The van der Waals surface area contributed by atoms with Gasteiger partial charge in [0.1, 0.15) is 23.9 Å². The van der Waals surface area contributed by atoms with Crippen LogP contribution in [-0.4, -0.2) is 20.6 Å². The molecule has 0 saturated heterocycles. The van der Waals surface area contributed by atoms with E-state index in [0.717, 1.165) is 0 Å². The molecule has 2 heterocycles. The van der Waals surface area contributed by atoms with Gasteiger partial charge in [0.2, 0.25) is 11.7 Å². The Morgan fingerprint density at radius 1 is 1.14 bits per heavy atom. The number of hydrogen-bond donors (Lipinski definition) is 1. The molecule has 0 fully saturated rings. The van der Waals surface area contributed by atoms with E-state index in [1.165, 1.54) is 30.3 Å². The van der Waals surface area contributed by atoms with Crippen molar-refractivity contribution < 1.29 is 18.1 Å². The van der Waals surface area contributed by atoms with E-state index in [1.807, 2.05) is 0 Å². The van der Waals surface area contributed by atoms with Crippen LogP contribution in [0.1, 0.15) is 0 Å². The van der Waals surface area contributed by atoms with Crippen molar-refractivity contribution in [3.8, 4) is 23.0 Å². The van der Waals surface area contributed by atoms with Gasteiger partial charge in [0, 0.05) is 17.4 Å². The van der Waals surface area contributed by atoms with E-state index in [4.69, 9.17) is 4.52 Å². The normalized spacial score (nSPS) is 10.9. The van der Waals surface area contributed by atoms with Gasteiger partial charge >= 0.3 is 0 Å². The molecular weight excluding hydrogens is 446 g/mol. The van der Waals surface area contributed by atoms with Crippen LogP contribution in [0.25, 0.3) is 23.0 Å². The van der Waals surface area contributed by atoms with Gasteiger partial charge in [0.15, 0.2) is 0 Å². The third-order valence-corrected chi connectivity index (χ3v) is 4.70. The lowest BCUT2D eigenvalue weighted by Crippen LogP contribution is -2.18. The number of halogens is 3. The van der Waals surface area contributed by atoms with Crippen molar-refractivity contribution in [1.82, 2.24) is 14.7 Å². The molecule has 146 valence electrons. The van der Waals surface area contributed by atoms with Crippen molar-refractivity contribution >= 4 is 27.5 Å². The number of carbonyl (C=O) groups is 1. The number of carbonyl (C=O) groups excluding carboxylic acids is 1. The van der Waals surface area contributed by atoms with Crippen molar-refractivity contribution in [2.24, 2.45) is 0 Å². The first kappa shape index (κ1) is 19.0. The summed E-state index contributed by atoms with van der Waals surface area (Å²) in [6.07, 6.45) is 1.71.